The number of carbonyl (C=O) groups is 1. The molecule has 9 nitrogen and oxygen atoms in total. The molecule has 1 saturated carbocycles. The number of nitrogens with zero attached hydrogens (tertiary/aromatic N) is 5. The van der Waals surface area contributed by atoms with Crippen molar-refractivity contribution >= 4 is 52.2 Å². The summed E-state index contributed by atoms with van der Waals surface area (Å²) in [7, 11) is 3.20. The number of rotatable bonds is 8. The smallest absolute Gasteiger partial charge is 0.378 e. The van der Waals surface area contributed by atoms with Crippen LogP contribution in [0.3, 0.4) is 0 Å². The van der Waals surface area contributed by atoms with E-state index in [1.165, 1.54) is 17.3 Å². The average Bonchev–Trinajstić information content (AvgIpc) is 3.55. The highest BCUT2D eigenvalue weighted by Crippen LogP contribution is 2.39. The average molecular weight is 557 g/mol. The van der Waals surface area contributed by atoms with Gasteiger partial charge in [0.15, 0.2) is 0 Å². The van der Waals surface area contributed by atoms with E-state index in [-0.39, 0.29) is 11.3 Å². The molecule has 0 spiro atoms. The minimum atomic E-state index is -4.61. The molecule has 2 aromatic heterocycles. The predicted octanol–water partition coefficient (Wildman–Crippen LogP) is 6.23. The molecule has 1 fully saturated rings. The van der Waals surface area contributed by atoms with Crippen LogP contribution in [0.25, 0.3) is 0 Å². The summed E-state index contributed by atoms with van der Waals surface area (Å²) in [5.74, 6) is 0.799. The molecule has 0 aliphatic heterocycles. The van der Waals surface area contributed by atoms with Crippen LogP contribution in [-0.4, -0.2) is 46.0 Å². The largest absolute Gasteiger partial charge is 0.416 e. The third-order valence-electron chi connectivity index (χ3n) is 5.98. The van der Waals surface area contributed by atoms with Crippen LogP contribution in [-0.2, 0) is 6.18 Å². The molecule has 0 atom stereocenters. The minimum Gasteiger partial charge on any atom is -0.378 e. The summed E-state index contributed by atoms with van der Waals surface area (Å²) >= 11 is 6.59. The molecular weight excluding hydrogens is 533 g/mol. The van der Waals surface area contributed by atoms with E-state index in [2.05, 4.69) is 30.6 Å². The molecule has 0 radical (unpaired) electrons. The van der Waals surface area contributed by atoms with E-state index in [0.717, 1.165) is 25.0 Å². The normalized spacial score (nSPS) is 13.2. The number of halogens is 4. The van der Waals surface area contributed by atoms with Crippen molar-refractivity contribution in [2.75, 3.05) is 34.5 Å². The molecule has 3 N–H and O–H groups in total. The molecule has 1 amide bonds. The van der Waals surface area contributed by atoms with Crippen LogP contribution in [0.2, 0.25) is 5.02 Å². The van der Waals surface area contributed by atoms with Gasteiger partial charge in [-0.3, -0.25) is 9.69 Å². The number of amides is 1. The molecule has 4 aromatic rings. The zero-order chi connectivity index (χ0) is 27.7. The maximum Gasteiger partial charge on any atom is 0.416 e. The Morgan fingerprint density at radius 1 is 1.08 bits per heavy atom. The summed E-state index contributed by atoms with van der Waals surface area (Å²) in [4.78, 5) is 32.3. The van der Waals surface area contributed by atoms with Crippen LogP contribution in [0.1, 0.15) is 28.8 Å². The molecule has 5 rings (SSSR count). The highest BCUT2D eigenvalue weighted by Gasteiger charge is 2.32. The standard InChI is InChI=1S/C26H24ClF3N8O/c1-37(2)19-10-15(9-16(11-19)26(28,29)30)24(39)36-18-5-6-20(27)21(12-18)38(25-31-7-8-32-25)23-13-22(33-14-34-23)35-17-3-4-17/h5-14,17H,3-4H2,1-2H3,(H,31,32)(H,36,39)(H,33,34,35). The molecule has 39 heavy (non-hydrogen) atoms. The monoisotopic (exact) mass is 556 g/mol. The van der Waals surface area contributed by atoms with Gasteiger partial charge in [-0.25, -0.2) is 15.0 Å². The fourth-order valence-corrected chi connectivity index (χ4v) is 4.04. The zero-order valence-corrected chi connectivity index (χ0v) is 21.7. The maximum absolute atomic E-state index is 13.5. The second-order valence-corrected chi connectivity index (χ2v) is 9.62. The Hall–Kier alpha value is -4.32. The topological polar surface area (TPSA) is 102 Å². The Kier molecular flexibility index (Phi) is 7.04. The summed E-state index contributed by atoms with van der Waals surface area (Å²) in [6.45, 7) is 0. The summed E-state index contributed by atoms with van der Waals surface area (Å²) in [5, 5.41) is 6.33. The highest BCUT2D eigenvalue weighted by atomic mass is 35.5. The molecule has 2 aromatic carbocycles. The fraction of sp³-hybridized carbons (Fsp3) is 0.231. The van der Waals surface area contributed by atoms with E-state index in [1.807, 2.05) is 0 Å². The first-order chi connectivity index (χ1) is 18.6. The number of H-pyrrole nitrogens is 1. The van der Waals surface area contributed by atoms with Crippen molar-refractivity contribution in [1.82, 2.24) is 19.9 Å². The number of hydrogen-bond acceptors (Lipinski definition) is 7. The quantitative estimate of drug-likeness (QED) is 0.236. The summed E-state index contributed by atoms with van der Waals surface area (Å²) in [6.07, 6.45) is 2.16. The molecule has 0 unspecified atom stereocenters. The molecule has 202 valence electrons. The van der Waals surface area contributed by atoms with Crippen molar-refractivity contribution in [1.29, 1.82) is 0 Å². The second-order valence-electron chi connectivity index (χ2n) is 9.21. The Labute approximate surface area is 227 Å². The van der Waals surface area contributed by atoms with Crippen LogP contribution >= 0.6 is 11.6 Å². The summed E-state index contributed by atoms with van der Waals surface area (Å²) in [5.41, 5.74) is -0.0719. The molecule has 0 saturated heterocycles. The van der Waals surface area contributed by atoms with Gasteiger partial charge in [-0.2, -0.15) is 13.2 Å². The van der Waals surface area contributed by atoms with Gasteiger partial charge in [0, 0.05) is 55.5 Å². The Morgan fingerprint density at radius 2 is 1.87 bits per heavy atom. The van der Waals surface area contributed by atoms with E-state index in [0.29, 0.717) is 40.0 Å². The molecule has 1 aliphatic rings. The van der Waals surface area contributed by atoms with Crippen molar-refractivity contribution in [3.8, 4) is 0 Å². The number of benzene rings is 2. The van der Waals surface area contributed by atoms with Gasteiger partial charge in [0.05, 0.1) is 16.3 Å². The first-order valence-electron chi connectivity index (χ1n) is 12.0. The van der Waals surface area contributed by atoms with Gasteiger partial charge in [-0.1, -0.05) is 11.6 Å². The number of nitrogens with one attached hydrogen (secondary N) is 3. The Bertz CT molecular complexity index is 1490. The molecular formula is C26H24ClF3N8O. The highest BCUT2D eigenvalue weighted by molar-refractivity contribution is 6.33. The first-order valence-corrected chi connectivity index (χ1v) is 12.3. The van der Waals surface area contributed by atoms with E-state index in [1.54, 1.807) is 55.7 Å². The molecule has 0 bridgehead atoms. The third kappa shape index (κ3) is 6.06. The zero-order valence-electron chi connectivity index (χ0n) is 20.9. The van der Waals surface area contributed by atoms with E-state index < -0.39 is 17.6 Å². The van der Waals surface area contributed by atoms with Gasteiger partial charge in [-0.05, 0) is 49.2 Å². The van der Waals surface area contributed by atoms with Crippen LogP contribution in [0.5, 0.6) is 0 Å². The van der Waals surface area contributed by atoms with Crippen molar-refractivity contribution in [2.45, 2.75) is 25.1 Å². The number of aromatic amines is 1. The first kappa shape index (κ1) is 26.3. The van der Waals surface area contributed by atoms with Crippen molar-refractivity contribution in [3.05, 3.63) is 77.3 Å². The Balaban J connectivity index is 1.49. The SMILES string of the molecule is CN(C)c1cc(C(=O)Nc2ccc(Cl)c(N(c3cc(NC4CC4)ncn3)c3ncc[nH]3)c2)cc(C(F)(F)F)c1. The summed E-state index contributed by atoms with van der Waals surface area (Å²) < 4.78 is 40.5. The van der Waals surface area contributed by atoms with Gasteiger partial charge in [0.2, 0.25) is 5.95 Å². The minimum absolute atomic E-state index is 0.139. The third-order valence-corrected chi connectivity index (χ3v) is 6.29. The van der Waals surface area contributed by atoms with Crippen molar-refractivity contribution in [3.63, 3.8) is 0 Å². The number of hydrogen-bond donors (Lipinski definition) is 3. The van der Waals surface area contributed by atoms with E-state index in [9.17, 15) is 18.0 Å². The van der Waals surface area contributed by atoms with E-state index >= 15 is 0 Å². The summed E-state index contributed by atoms with van der Waals surface area (Å²) in [6, 6.07) is 10.1. The number of carbonyl (C=O) groups excluding carboxylic acids is 1. The lowest BCUT2D eigenvalue weighted by molar-refractivity contribution is -0.137. The van der Waals surface area contributed by atoms with Gasteiger partial charge >= 0.3 is 6.18 Å². The number of alkyl halides is 3. The predicted molar refractivity (Wildman–Crippen MR) is 144 cm³/mol. The molecule has 1 aliphatic carbocycles. The molecule has 2 heterocycles. The lowest BCUT2D eigenvalue weighted by atomic mass is 10.1. The van der Waals surface area contributed by atoms with Gasteiger partial charge in [-0.15, -0.1) is 0 Å². The number of aromatic nitrogens is 4. The van der Waals surface area contributed by atoms with Crippen molar-refractivity contribution < 1.29 is 18.0 Å². The number of imidazole rings is 1. The van der Waals surface area contributed by atoms with Crippen LogP contribution < -0.4 is 20.4 Å². The fourth-order valence-electron chi connectivity index (χ4n) is 3.84. The van der Waals surface area contributed by atoms with Crippen molar-refractivity contribution in [2.24, 2.45) is 0 Å². The molecule has 13 heteroatoms. The number of anilines is 6. The lowest BCUT2D eigenvalue weighted by Crippen LogP contribution is -2.18. The van der Waals surface area contributed by atoms with Gasteiger partial charge < -0.3 is 20.5 Å². The van der Waals surface area contributed by atoms with Crippen LogP contribution in [0.15, 0.2) is 61.2 Å². The van der Waals surface area contributed by atoms with Crippen LogP contribution in [0, 0.1) is 0 Å². The maximum atomic E-state index is 13.5. The Morgan fingerprint density at radius 3 is 2.54 bits per heavy atom. The second kappa shape index (κ2) is 10.4. The van der Waals surface area contributed by atoms with E-state index in [4.69, 9.17) is 11.6 Å². The van der Waals surface area contributed by atoms with Crippen LogP contribution in [0.4, 0.5) is 47.8 Å². The van der Waals surface area contributed by atoms with Gasteiger partial charge in [0.25, 0.3) is 5.91 Å². The van der Waals surface area contributed by atoms with Gasteiger partial charge in [0.1, 0.15) is 18.0 Å². The lowest BCUT2D eigenvalue weighted by Gasteiger charge is -2.23.